The van der Waals surface area contributed by atoms with Gasteiger partial charge in [0.05, 0.1) is 19.1 Å². The summed E-state index contributed by atoms with van der Waals surface area (Å²) in [5.41, 5.74) is 10.2. The molecule has 0 saturated carbocycles. The third-order valence-corrected chi connectivity index (χ3v) is 2.66. The van der Waals surface area contributed by atoms with Crippen LogP contribution in [-0.2, 0) is 19.2 Å². The molecule has 11 heteroatoms. The molecule has 0 aromatic heterocycles. The van der Waals surface area contributed by atoms with Gasteiger partial charge in [-0.05, 0) is 6.92 Å². The molecule has 0 rings (SSSR count). The Morgan fingerprint density at radius 3 is 1.95 bits per heavy atom. The van der Waals surface area contributed by atoms with E-state index in [1.165, 1.54) is 6.92 Å². The number of hydrogen-bond donors (Lipinski definition) is 7. The summed E-state index contributed by atoms with van der Waals surface area (Å²) in [5.74, 6) is -4.41. The van der Waals surface area contributed by atoms with Gasteiger partial charge >= 0.3 is 5.97 Å². The summed E-state index contributed by atoms with van der Waals surface area (Å²) in [7, 11) is 0. The first-order valence-electron chi connectivity index (χ1n) is 6.26. The predicted octanol–water partition coefficient (Wildman–Crippen LogP) is -4.38. The van der Waals surface area contributed by atoms with Gasteiger partial charge in [-0.3, -0.25) is 14.4 Å². The molecule has 4 unspecified atom stereocenters. The number of primary amides is 1. The van der Waals surface area contributed by atoms with E-state index >= 15 is 0 Å². The smallest absolute Gasteiger partial charge is 0.326 e. The van der Waals surface area contributed by atoms with Crippen molar-refractivity contribution in [3.63, 3.8) is 0 Å². The number of hydrogen-bond acceptors (Lipinski definition) is 7. The number of carboxylic acid groups (broad SMARTS) is 1. The second-order valence-electron chi connectivity index (χ2n) is 4.58. The molecule has 0 aromatic rings. The summed E-state index contributed by atoms with van der Waals surface area (Å²) in [6.07, 6.45) is -1.84. The first-order chi connectivity index (χ1) is 10.1. The normalized spacial score (nSPS) is 16.0. The number of aliphatic hydroxyl groups is 2. The van der Waals surface area contributed by atoms with Crippen molar-refractivity contribution in [2.45, 2.75) is 37.6 Å². The van der Waals surface area contributed by atoms with E-state index in [4.69, 9.17) is 26.8 Å². The number of carbonyl (C=O) groups is 4. The summed E-state index contributed by atoms with van der Waals surface area (Å²) in [4.78, 5) is 45.0. The Morgan fingerprint density at radius 2 is 1.59 bits per heavy atom. The van der Waals surface area contributed by atoms with E-state index in [9.17, 15) is 19.2 Å². The van der Waals surface area contributed by atoms with Gasteiger partial charge in [0.2, 0.25) is 17.7 Å². The van der Waals surface area contributed by atoms with E-state index in [1.807, 2.05) is 5.32 Å². The Kier molecular flexibility index (Phi) is 8.01. The van der Waals surface area contributed by atoms with E-state index in [0.717, 1.165) is 0 Å². The zero-order valence-corrected chi connectivity index (χ0v) is 11.9. The van der Waals surface area contributed by atoms with Crippen LogP contribution in [0, 0.1) is 0 Å². The molecule has 0 aliphatic rings. The average Bonchev–Trinajstić information content (AvgIpc) is 2.41. The van der Waals surface area contributed by atoms with Crippen molar-refractivity contribution >= 4 is 23.7 Å². The van der Waals surface area contributed by atoms with Crippen LogP contribution >= 0.6 is 0 Å². The lowest BCUT2D eigenvalue weighted by atomic mass is 10.1. The van der Waals surface area contributed by atoms with Crippen LogP contribution in [0.2, 0.25) is 0 Å². The number of aliphatic carboxylic acids is 1. The molecule has 0 bridgehead atoms. The molecule has 0 aliphatic heterocycles. The van der Waals surface area contributed by atoms with Crippen molar-refractivity contribution in [1.29, 1.82) is 0 Å². The Bertz CT molecular complexity index is 440. The molecule has 126 valence electrons. The summed E-state index contributed by atoms with van der Waals surface area (Å²) in [6, 6.07) is -4.42. The fraction of sp³-hybridized carbons (Fsp3) is 0.636. The molecular formula is C11H20N4O7. The third-order valence-electron chi connectivity index (χ3n) is 2.66. The zero-order chi connectivity index (χ0) is 17.4. The van der Waals surface area contributed by atoms with Gasteiger partial charge < -0.3 is 37.4 Å². The Morgan fingerprint density at radius 1 is 1.09 bits per heavy atom. The Labute approximate surface area is 125 Å². The van der Waals surface area contributed by atoms with Gasteiger partial charge in [0, 0.05) is 0 Å². The number of carbonyl (C=O) groups excluding carboxylic acids is 3. The van der Waals surface area contributed by atoms with Gasteiger partial charge in [-0.15, -0.1) is 0 Å². The van der Waals surface area contributed by atoms with Crippen LogP contribution in [0.15, 0.2) is 0 Å². The predicted molar refractivity (Wildman–Crippen MR) is 72.1 cm³/mol. The minimum absolute atomic E-state index is 0.652. The molecule has 0 aliphatic carbocycles. The van der Waals surface area contributed by atoms with Crippen molar-refractivity contribution in [1.82, 2.24) is 10.6 Å². The fourth-order valence-corrected chi connectivity index (χ4v) is 1.35. The van der Waals surface area contributed by atoms with Crippen molar-refractivity contribution < 1.29 is 34.5 Å². The standard InChI is InChI=1S/C11H20N4O7/c1-4(17)8(13)10(20)15-6(3-16)9(19)14-5(11(21)22)2-7(12)18/h4-6,8,16-17H,2-3,13H2,1H3,(H2,12,18)(H,14,19)(H,15,20)(H,21,22). The third kappa shape index (κ3) is 6.47. The number of amides is 3. The molecule has 0 saturated heterocycles. The average molecular weight is 320 g/mol. The molecule has 0 radical (unpaired) electrons. The van der Waals surface area contributed by atoms with E-state index in [1.54, 1.807) is 0 Å². The second kappa shape index (κ2) is 8.92. The first-order valence-corrected chi connectivity index (χ1v) is 6.26. The molecule has 11 nitrogen and oxygen atoms in total. The lowest BCUT2D eigenvalue weighted by Gasteiger charge is -2.21. The number of carboxylic acids is 1. The fourth-order valence-electron chi connectivity index (χ4n) is 1.35. The molecule has 22 heavy (non-hydrogen) atoms. The monoisotopic (exact) mass is 320 g/mol. The van der Waals surface area contributed by atoms with Crippen LogP contribution in [0.5, 0.6) is 0 Å². The SMILES string of the molecule is CC(O)C(N)C(=O)NC(CO)C(=O)NC(CC(N)=O)C(=O)O. The molecule has 0 fully saturated rings. The maximum absolute atomic E-state index is 11.8. The maximum Gasteiger partial charge on any atom is 0.326 e. The maximum atomic E-state index is 11.8. The number of nitrogens with two attached hydrogens (primary N) is 2. The number of aliphatic hydroxyl groups excluding tert-OH is 2. The Balaban J connectivity index is 4.80. The quantitative estimate of drug-likeness (QED) is 0.220. The first kappa shape index (κ1) is 19.8. The summed E-state index contributed by atoms with van der Waals surface area (Å²) >= 11 is 0. The highest BCUT2D eigenvalue weighted by atomic mass is 16.4. The lowest BCUT2D eigenvalue weighted by Crippen LogP contribution is -2.57. The van der Waals surface area contributed by atoms with Gasteiger partial charge in [0.15, 0.2) is 0 Å². The van der Waals surface area contributed by atoms with Crippen molar-refractivity contribution in [3.05, 3.63) is 0 Å². The van der Waals surface area contributed by atoms with E-state index in [0.29, 0.717) is 0 Å². The van der Waals surface area contributed by atoms with Crippen LogP contribution in [0.3, 0.4) is 0 Å². The second-order valence-corrected chi connectivity index (χ2v) is 4.58. The molecule has 9 N–H and O–H groups in total. The van der Waals surface area contributed by atoms with Crippen molar-refractivity contribution in [2.24, 2.45) is 11.5 Å². The zero-order valence-electron chi connectivity index (χ0n) is 11.9. The van der Waals surface area contributed by atoms with E-state index < -0.39 is 60.9 Å². The van der Waals surface area contributed by atoms with Gasteiger partial charge in [0.25, 0.3) is 0 Å². The van der Waals surface area contributed by atoms with Crippen LogP contribution in [0.25, 0.3) is 0 Å². The van der Waals surface area contributed by atoms with Crippen molar-refractivity contribution in [3.8, 4) is 0 Å². The van der Waals surface area contributed by atoms with Gasteiger partial charge in [-0.2, -0.15) is 0 Å². The summed E-state index contributed by atoms with van der Waals surface area (Å²) in [6.45, 7) is 0.415. The lowest BCUT2D eigenvalue weighted by molar-refractivity contribution is -0.144. The molecule has 3 amide bonds. The minimum atomic E-state index is -1.60. The highest BCUT2D eigenvalue weighted by Crippen LogP contribution is 1.96. The number of rotatable bonds is 9. The largest absolute Gasteiger partial charge is 0.480 e. The molecule has 0 spiro atoms. The van der Waals surface area contributed by atoms with Crippen molar-refractivity contribution in [2.75, 3.05) is 6.61 Å². The molecule has 0 aromatic carbocycles. The molecule has 4 atom stereocenters. The van der Waals surface area contributed by atoms with Gasteiger partial charge in [0.1, 0.15) is 18.1 Å². The summed E-state index contributed by atoms with van der Waals surface area (Å²) in [5, 5.41) is 31.1. The Hall–Kier alpha value is -2.24. The molecular weight excluding hydrogens is 300 g/mol. The highest BCUT2D eigenvalue weighted by Gasteiger charge is 2.29. The van der Waals surface area contributed by atoms with Crippen LogP contribution in [0.1, 0.15) is 13.3 Å². The van der Waals surface area contributed by atoms with Crippen LogP contribution in [0.4, 0.5) is 0 Å². The van der Waals surface area contributed by atoms with Crippen LogP contribution in [-0.4, -0.2) is 69.8 Å². The number of nitrogens with one attached hydrogen (secondary N) is 2. The topological polar surface area (TPSA) is 205 Å². The van der Waals surface area contributed by atoms with E-state index in [2.05, 4.69) is 5.32 Å². The minimum Gasteiger partial charge on any atom is -0.480 e. The van der Waals surface area contributed by atoms with Crippen LogP contribution < -0.4 is 22.1 Å². The van der Waals surface area contributed by atoms with E-state index in [-0.39, 0.29) is 0 Å². The van der Waals surface area contributed by atoms with Gasteiger partial charge in [-0.1, -0.05) is 0 Å². The van der Waals surface area contributed by atoms with Gasteiger partial charge in [-0.25, -0.2) is 4.79 Å². The summed E-state index contributed by atoms with van der Waals surface area (Å²) < 4.78 is 0. The molecule has 0 heterocycles. The highest BCUT2D eigenvalue weighted by molar-refractivity contribution is 5.93.